The van der Waals surface area contributed by atoms with Crippen LogP contribution in [0.25, 0.3) is 0 Å². The first-order chi connectivity index (χ1) is 10.6. The number of ether oxygens (including phenoxy) is 2. The van der Waals surface area contributed by atoms with Crippen molar-refractivity contribution in [3.05, 3.63) is 29.4 Å². The van der Waals surface area contributed by atoms with Gasteiger partial charge in [0, 0.05) is 12.5 Å². The van der Waals surface area contributed by atoms with Crippen LogP contribution in [-0.4, -0.2) is 26.6 Å². The summed E-state index contributed by atoms with van der Waals surface area (Å²) >= 11 is 1.17. The van der Waals surface area contributed by atoms with E-state index in [-0.39, 0.29) is 4.21 Å². The second-order valence-corrected chi connectivity index (χ2v) is 7.77. The Labute approximate surface area is 133 Å². The average Bonchev–Trinajstić information content (AvgIpc) is 2.87. The van der Waals surface area contributed by atoms with Crippen molar-refractivity contribution in [3.8, 4) is 11.5 Å². The minimum atomic E-state index is -3.63. The van der Waals surface area contributed by atoms with Crippen molar-refractivity contribution >= 4 is 27.0 Å². The van der Waals surface area contributed by atoms with Crippen molar-refractivity contribution in [2.45, 2.75) is 24.0 Å². The highest BCUT2D eigenvalue weighted by molar-refractivity contribution is 7.94. The Kier molecular flexibility index (Phi) is 4.21. The molecule has 1 aromatic heterocycles. The lowest BCUT2D eigenvalue weighted by atomic mass is 10.3. The summed E-state index contributed by atoms with van der Waals surface area (Å²) in [4.78, 5) is 4.08. The summed E-state index contributed by atoms with van der Waals surface area (Å²) in [6.07, 6.45) is 2.90. The minimum Gasteiger partial charge on any atom is -0.490 e. The number of thiazole rings is 1. The molecule has 0 amide bonds. The molecule has 0 atom stereocenters. The summed E-state index contributed by atoms with van der Waals surface area (Å²) < 4.78 is 38.5. The van der Waals surface area contributed by atoms with E-state index in [4.69, 9.17) is 9.47 Å². The lowest BCUT2D eigenvalue weighted by molar-refractivity contribution is 0.297. The van der Waals surface area contributed by atoms with E-state index < -0.39 is 10.0 Å². The summed E-state index contributed by atoms with van der Waals surface area (Å²) in [5, 5.41) is 0.791. The summed E-state index contributed by atoms with van der Waals surface area (Å²) in [5.41, 5.74) is 0.440. The van der Waals surface area contributed by atoms with Gasteiger partial charge in [0.15, 0.2) is 15.7 Å². The van der Waals surface area contributed by atoms with E-state index in [1.165, 1.54) is 17.5 Å². The Hall–Kier alpha value is -1.80. The molecule has 0 spiro atoms. The van der Waals surface area contributed by atoms with Crippen LogP contribution in [-0.2, 0) is 16.4 Å². The third-order valence-corrected chi connectivity index (χ3v) is 6.08. The molecule has 1 aromatic carbocycles. The number of fused-ring (bicyclic) bond motifs is 1. The monoisotopic (exact) mass is 340 g/mol. The number of aryl methyl sites for hydroxylation is 1. The summed E-state index contributed by atoms with van der Waals surface area (Å²) in [6.45, 7) is 3.09. The molecule has 0 saturated heterocycles. The maximum atomic E-state index is 12.4. The number of hydrogen-bond donors (Lipinski definition) is 1. The van der Waals surface area contributed by atoms with Gasteiger partial charge in [0.25, 0.3) is 10.0 Å². The number of hydrogen-bond acceptors (Lipinski definition) is 6. The number of anilines is 1. The molecular formula is C14H16N2O4S2. The van der Waals surface area contributed by atoms with Crippen LogP contribution in [0.1, 0.15) is 18.4 Å². The van der Waals surface area contributed by atoms with Gasteiger partial charge in [-0.05, 0) is 18.6 Å². The zero-order valence-corrected chi connectivity index (χ0v) is 13.7. The zero-order valence-electron chi connectivity index (χ0n) is 12.0. The number of aromatic nitrogens is 1. The van der Waals surface area contributed by atoms with Crippen LogP contribution in [0.4, 0.5) is 5.69 Å². The van der Waals surface area contributed by atoms with E-state index >= 15 is 0 Å². The molecule has 0 aliphatic carbocycles. The van der Waals surface area contributed by atoms with Gasteiger partial charge in [-0.25, -0.2) is 13.4 Å². The lowest BCUT2D eigenvalue weighted by Crippen LogP contribution is -2.11. The highest BCUT2D eigenvalue weighted by Crippen LogP contribution is 2.33. The summed E-state index contributed by atoms with van der Waals surface area (Å²) in [5.74, 6) is 1.18. The summed E-state index contributed by atoms with van der Waals surface area (Å²) in [7, 11) is -3.63. The molecule has 0 bridgehead atoms. The van der Waals surface area contributed by atoms with E-state index in [0.29, 0.717) is 36.8 Å². The Bertz CT molecular complexity index is 771. The molecule has 6 nitrogen and oxygen atoms in total. The predicted molar refractivity (Wildman–Crippen MR) is 84.3 cm³/mol. The molecule has 0 fully saturated rings. The van der Waals surface area contributed by atoms with Gasteiger partial charge in [-0.1, -0.05) is 6.92 Å². The minimum absolute atomic E-state index is 0.205. The molecule has 118 valence electrons. The summed E-state index contributed by atoms with van der Waals surface area (Å²) in [6, 6.07) is 5.01. The van der Waals surface area contributed by atoms with Crippen molar-refractivity contribution in [2.24, 2.45) is 0 Å². The van der Waals surface area contributed by atoms with E-state index in [1.54, 1.807) is 18.2 Å². The Morgan fingerprint density at radius 2 is 2.05 bits per heavy atom. The van der Waals surface area contributed by atoms with Crippen LogP contribution in [0.5, 0.6) is 11.5 Å². The first kappa shape index (κ1) is 15.1. The van der Waals surface area contributed by atoms with E-state index in [9.17, 15) is 8.42 Å². The van der Waals surface area contributed by atoms with Gasteiger partial charge in [0.1, 0.15) is 0 Å². The number of nitrogens with one attached hydrogen (secondary N) is 1. The molecular weight excluding hydrogens is 324 g/mol. The Morgan fingerprint density at radius 1 is 1.27 bits per heavy atom. The highest BCUT2D eigenvalue weighted by Gasteiger charge is 2.19. The van der Waals surface area contributed by atoms with Crippen LogP contribution in [0, 0.1) is 0 Å². The molecule has 2 aromatic rings. The molecule has 0 radical (unpaired) electrons. The van der Waals surface area contributed by atoms with Gasteiger partial charge < -0.3 is 9.47 Å². The van der Waals surface area contributed by atoms with Crippen molar-refractivity contribution in [2.75, 3.05) is 17.9 Å². The predicted octanol–water partition coefficient (Wildman–Crippen LogP) is 2.67. The molecule has 2 heterocycles. The van der Waals surface area contributed by atoms with Gasteiger partial charge in [0.2, 0.25) is 0 Å². The second-order valence-electron chi connectivity index (χ2n) is 4.74. The SMILES string of the molecule is CCc1ncc(S(=O)(=O)Nc2ccc3c(c2)OCCCO3)s1. The molecule has 1 aliphatic heterocycles. The molecule has 1 N–H and O–H groups in total. The molecule has 8 heteroatoms. The van der Waals surface area contributed by atoms with Crippen LogP contribution >= 0.6 is 11.3 Å². The topological polar surface area (TPSA) is 77.5 Å². The molecule has 0 saturated carbocycles. The molecule has 22 heavy (non-hydrogen) atoms. The first-order valence-electron chi connectivity index (χ1n) is 6.95. The normalized spacial score (nSPS) is 14.4. The largest absolute Gasteiger partial charge is 0.490 e. The molecule has 0 unspecified atom stereocenters. The van der Waals surface area contributed by atoms with Gasteiger partial charge in [0.05, 0.1) is 30.1 Å². The van der Waals surface area contributed by atoms with E-state index in [1.807, 2.05) is 6.92 Å². The number of nitrogens with zero attached hydrogens (tertiary/aromatic N) is 1. The van der Waals surface area contributed by atoms with Crippen LogP contribution in [0.15, 0.2) is 28.6 Å². The first-order valence-corrected chi connectivity index (χ1v) is 9.25. The third-order valence-electron chi connectivity index (χ3n) is 3.10. The number of benzene rings is 1. The molecule has 3 rings (SSSR count). The van der Waals surface area contributed by atoms with Gasteiger partial charge in [-0.15, -0.1) is 11.3 Å². The maximum absolute atomic E-state index is 12.4. The third kappa shape index (κ3) is 3.17. The van der Waals surface area contributed by atoms with Gasteiger partial charge >= 0.3 is 0 Å². The van der Waals surface area contributed by atoms with Gasteiger partial charge in [-0.3, -0.25) is 4.72 Å². The quantitative estimate of drug-likeness (QED) is 0.926. The fourth-order valence-corrected chi connectivity index (χ4v) is 4.18. The second kappa shape index (κ2) is 6.13. The fraction of sp³-hybridized carbons (Fsp3) is 0.357. The smallest absolute Gasteiger partial charge is 0.273 e. The van der Waals surface area contributed by atoms with Crippen molar-refractivity contribution < 1.29 is 17.9 Å². The van der Waals surface area contributed by atoms with Crippen molar-refractivity contribution in [1.29, 1.82) is 0 Å². The van der Waals surface area contributed by atoms with Crippen LogP contribution < -0.4 is 14.2 Å². The maximum Gasteiger partial charge on any atom is 0.273 e. The van der Waals surface area contributed by atoms with E-state index in [0.717, 1.165) is 11.4 Å². The van der Waals surface area contributed by atoms with Gasteiger partial charge in [-0.2, -0.15) is 0 Å². The van der Waals surface area contributed by atoms with E-state index in [2.05, 4.69) is 9.71 Å². The van der Waals surface area contributed by atoms with Crippen LogP contribution in [0.3, 0.4) is 0 Å². The Balaban J connectivity index is 1.84. The Morgan fingerprint density at radius 3 is 2.77 bits per heavy atom. The average molecular weight is 340 g/mol. The van der Waals surface area contributed by atoms with Crippen molar-refractivity contribution in [3.63, 3.8) is 0 Å². The van der Waals surface area contributed by atoms with Crippen molar-refractivity contribution in [1.82, 2.24) is 4.98 Å². The fourth-order valence-electron chi connectivity index (χ4n) is 2.01. The van der Waals surface area contributed by atoms with Crippen LogP contribution in [0.2, 0.25) is 0 Å². The number of rotatable bonds is 4. The molecule has 1 aliphatic rings. The highest BCUT2D eigenvalue weighted by atomic mass is 32.2. The number of sulfonamides is 1. The lowest BCUT2D eigenvalue weighted by Gasteiger charge is -2.10. The zero-order chi connectivity index (χ0) is 15.6. The standard InChI is InChI=1S/C14H16N2O4S2/c1-2-13-15-9-14(21-13)22(17,18)16-10-4-5-11-12(8-10)20-7-3-6-19-11/h4-5,8-9,16H,2-3,6-7H2,1H3.